The van der Waals surface area contributed by atoms with Crippen molar-refractivity contribution in [2.75, 3.05) is 17.3 Å². The maximum atomic E-state index is 14.3. The lowest BCUT2D eigenvalue weighted by Gasteiger charge is -2.35. The highest BCUT2D eigenvalue weighted by molar-refractivity contribution is 6.32. The Morgan fingerprint density at radius 3 is 2.47 bits per heavy atom. The Hall–Kier alpha value is -3.81. The van der Waals surface area contributed by atoms with Gasteiger partial charge >= 0.3 is 0 Å². The van der Waals surface area contributed by atoms with Gasteiger partial charge in [0.05, 0.1) is 18.4 Å². The number of anilines is 2. The number of aryl methyl sites for hydroxylation is 1. The number of nitrogens with one attached hydrogen (secondary N) is 1. The molecule has 3 aromatic carbocycles. The third kappa shape index (κ3) is 3.25. The van der Waals surface area contributed by atoms with Gasteiger partial charge in [0.2, 0.25) is 0 Å². The van der Waals surface area contributed by atoms with Gasteiger partial charge < -0.3 is 14.6 Å². The van der Waals surface area contributed by atoms with Crippen LogP contribution in [0.3, 0.4) is 0 Å². The predicted octanol–water partition coefficient (Wildman–Crippen LogP) is 6.61. The molecule has 0 saturated carbocycles. The second-order valence-corrected chi connectivity index (χ2v) is 10.6. The normalized spacial score (nSPS) is 17.8. The summed E-state index contributed by atoms with van der Waals surface area (Å²) >= 11 is 12.7. The number of hydrogen-bond donors (Lipinski definition) is 1. The molecule has 0 aliphatic carbocycles. The van der Waals surface area contributed by atoms with E-state index in [1.165, 1.54) is 4.90 Å². The van der Waals surface area contributed by atoms with Crippen LogP contribution >= 0.6 is 23.2 Å². The molecule has 2 aliphatic heterocycles. The molecule has 1 atom stereocenters. The number of halogens is 2. The summed E-state index contributed by atoms with van der Waals surface area (Å²) in [6.07, 6.45) is 0. The van der Waals surface area contributed by atoms with Crippen LogP contribution in [0, 0.1) is 6.92 Å². The number of carbonyl (C=O) groups is 2. The van der Waals surface area contributed by atoms with Crippen LogP contribution < -0.4 is 15.0 Å². The van der Waals surface area contributed by atoms with Gasteiger partial charge in [0.25, 0.3) is 11.8 Å². The van der Waals surface area contributed by atoms with Crippen molar-refractivity contribution >= 4 is 46.4 Å². The number of benzene rings is 3. The van der Waals surface area contributed by atoms with Crippen molar-refractivity contribution in [2.24, 2.45) is 0 Å². The molecule has 0 radical (unpaired) electrons. The minimum absolute atomic E-state index is 0.152. The Morgan fingerprint density at radius 2 is 1.76 bits per heavy atom. The van der Waals surface area contributed by atoms with Crippen molar-refractivity contribution in [3.63, 3.8) is 0 Å². The maximum Gasteiger partial charge on any atom is 0.280 e. The zero-order valence-corrected chi connectivity index (χ0v) is 22.7. The molecule has 1 spiro atoms. The highest BCUT2D eigenvalue weighted by atomic mass is 35.5. The Kier molecular flexibility index (Phi) is 5.56. The summed E-state index contributed by atoms with van der Waals surface area (Å²) in [6, 6.07) is 17.8. The SMILES string of the molecule is COc1cc(C)ccc1-c1nc2c(n1C(C)C)[C@]1(C(=O)Nc3cc(Cl)ccc31)N(c1cccc(Cl)c1)C2=O. The monoisotopic (exact) mass is 546 g/mol. The molecule has 0 bridgehead atoms. The molecule has 0 unspecified atom stereocenters. The zero-order valence-electron chi connectivity index (χ0n) is 21.2. The third-order valence-electron chi connectivity index (χ3n) is 7.12. The number of methoxy groups -OCH3 is 1. The average molecular weight is 547 g/mol. The molecule has 1 N–H and O–H groups in total. The first-order chi connectivity index (χ1) is 18.2. The van der Waals surface area contributed by atoms with Crippen LogP contribution in [0.25, 0.3) is 11.4 Å². The Balaban J connectivity index is 1.73. The molecule has 2 aliphatic rings. The van der Waals surface area contributed by atoms with Crippen LogP contribution in [0.5, 0.6) is 5.75 Å². The summed E-state index contributed by atoms with van der Waals surface area (Å²) in [6.45, 7) is 5.98. The number of fused-ring (bicyclic) bond motifs is 4. The number of imidazole rings is 1. The Morgan fingerprint density at radius 1 is 1.00 bits per heavy atom. The van der Waals surface area contributed by atoms with Gasteiger partial charge in [0.1, 0.15) is 11.6 Å². The molecular weight excluding hydrogens is 523 g/mol. The molecule has 3 heterocycles. The maximum absolute atomic E-state index is 14.3. The molecule has 7 nitrogen and oxygen atoms in total. The number of aromatic nitrogens is 2. The number of hydrogen-bond acceptors (Lipinski definition) is 4. The van der Waals surface area contributed by atoms with Crippen LogP contribution in [0.15, 0.2) is 60.7 Å². The average Bonchev–Trinajstić information content (AvgIpc) is 3.47. The second-order valence-electron chi connectivity index (χ2n) is 9.77. The van der Waals surface area contributed by atoms with Crippen molar-refractivity contribution < 1.29 is 14.3 Å². The minimum atomic E-state index is -1.52. The fourth-order valence-corrected chi connectivity index (χ4v) is 5.98. The zero-order chi connectivity index (χ0) is 26.9. The first kappa shape index (κ1) is 24.5. The van der Waals surface area contributed by atoms with Gasteiger partial charge in [-0.05, 0) is 68.8 Å². The van der Waals surface area contributed by atoms with Crippen LogP contribution in [0.2, 0.25) is 10.0 Å². The minimum Gasteiger partial charge on any atom is -0.496 e. The van der Waals surface area contributed by atoms with Crippen molar-refractivity contribution in [2.45, 2.75) is 32.4 Å². The van der Waals surface area contributed by atoms with Crippen LogP contribution in [-0.4, -0.2) is 28.5 Å². The fourth-order valence-electron chi connectivity index (χ4n) is 5.62. The van der Waals surface area contributed by atoms with Gasteiger partial charge in [0, 0.05) is 33.0 Å². The highest BCUT2D eigenvalue weighted by Gasteiger charge is 2.64. The number of rotatable bonds is 4. The topological polar surface area (TPSA) is 76.5 Å². The second kappa shape index (κ2) is 8.61. The Labute approximate surface area is 230 Å². The van der Waals surface area contributed by atoms with Gasteiger partial charge in [-0.2, -0.15) is 0 Å². The lowest BCUT2D eigenvalue weighted by molar-refractivity contribution is -0.119. The van der Waals surface area contributed by atoms with E-state index in [9.17, 15) is 9.59 Å². The van der Waals surface area contributed by atoms with Gasteiger partial charge in [-0.15, -0.1) is 0 Å². The first-order valence-electron chi connectivity index (χ1n) is 12.2. The molecule has 192 valence electrons. The number of nitrogens with zero attached hydrogens (tertiary/aromatic N) is 3. The third-order valence-corrected chi connectivity index (χ3v) is 7.59. The fraction of sp³-hybridized carbons (Fsp3) is 0.207. The molecule has 9 heteroatoms. The molecule has 6 rings (SSSR count). The van der Waals surface area contributed by atoms with E-state index in [1.54, 1.807) is 49.6 Å². The van der Waals surface area contributed by atoms with E-state index < -0.39 is 11.4 Å². The molecule has 4 aromatic rings. The van der Waals surface area contributed by atoms with E-state index in [2.05, 4.69) is 5.32 Å². The molecule has 38 heavy (non-hydrogen) atoms. The summed E-state index contributed by atoms with van der Waals surface area (Å²) in [7, 11) is 1.60. The van der Waals surface area contributed by atoms with E-state index in [0.29, 0.717) is 44.3 Å². The first-order valence-corrected chi connectivity index (χ1v) is 12.9. The summed E-state index contributed by atoms with van der Waals surface area (Å²) in [5, 5.41) is 3.90. The Bertz CT molecular complexity index is 1660. The quantitative estimate of drug-likeness (QED) is 0.312. The van der Waals surface area contributed by atoms with E-state index in [1.807, 2.05) is 43.5 Å². The van der Waals surface area contributed by atoms with Gasteiger partial charge in [-0.3, -0.25) is 14.5 Å². The van der Waals surface area contributed by atoms with Gasteiger partial charge in [0.15, 0.2) is 11.2 Å². The van der Waals surface area contributed by atoms with E-state index >= 15 is 0 Å². The number of carbonyl (C=O) groups excluding carboxylic acids is 2. The summed E-state index contributed by atoms with van der Waals surface area (Å²) in [5.41, 5.74) is 2.58. The van der Waals surface area contributed by atoms with E-state index in [-0.39, 0.29) is 17.6 Å². The largest absolute Gasteiger partial charge is 0.496 e. The van der Waals surface area contributed by atoms with Crippen molar-refractivity contribution in [1.29, 1.82) is 0 Å². The lowest BCUT2D eigenvalue weighted by Crippen LogP contribution is -2.51. The standard InChI is InChI=1S/C29H24Cl2N4O3/c1-15(2)34-25-24(33-26(34)20-10-8-16(3)12-23(20)38-4)27(36)35(19-7-5-6-17(30)13-19)29(25)21-11-9-18(31)14-22(21)32-28(29)37/h5-15H,1-4H3,(H,32,37)/t29-/m1/s1. The number of ether oxygens (including phenoxy) is 1. The van der Waals surface area contributed by atoms with Crippen molar-refractivity contribution in [3.8, 4) is 17.1 Å². The van der Waals surface area contributed by atoms with Crippen LogP contribution in [-0.2, 0) is 10.3 Å². The summed E-state index contributed by atoms with van der Waals surface area (Å²) in [4.78, 5) is 34.9. The van der Waals surface area contributed by atoms with Crippen molar-refractivity contribution in [3.05, 3.63) is 93.2 Å². The smallest absolute Gasteiger partial charge is 0.280 e. The van der Waals surface area contributed by atoms with Crippen molar-refractivity contribution in [1.82, 2.24) is 9.55 Å². The molecule has 0 fully saturated rings. The van der Waals surface area contributed by atoms with E-state index in [0.717, 1.165) is 11.1 Å². The van der Waals surface area contributed by atoms with Gasteiger partial charge in [-0.1, -0.05) is 41.4 Å². The molecule has 0 saturated heterocycles. The van der Waals surface area contributed by atoms with Crippen LogP contribution in [0.4, 0.5) is 11.4 Å². The molecular formula is C29H24Cl2N4O3. The van der Waals surface area contributed by atoms with Crippen LogP contribution in [0.1, 0.15) is 47.2 Å². The number of amides is 2. The summed E-state index contributed by atoms with van der Waals surface area (Å²) < 4.78 is 7.66. The predicted molar refractivity (Wildman–Crippen MR) is 148 cm³/mol. The summed E-state index contributed by atoms with van der Waals surface area (Å²) in [5.74, 6) is 0.417. The van der Waals surface area contributed by atoms with E-state index in [4.69, 9.17) is 32.9 Å². The highest BCUT2D eigenvalue weighted by Crippen LogP contribution is 2.54. The van der Waals surface area contributed by atoms with Gasteiger partial charge in [-0.25, -0.2) is 4.98 Å². The lowest BCUT2D eigenvalue weighted by atomic mass is 9.87. The molecule has 2 amide bonds. The molecule has 1 aromatic heterocycles.